The topological polar surface area (TPSA) is 52.9 Å². The van der Waals surface area contributed by atoms with E-state index in [1.54, 1.807) is 13.2 Å². The van der Waals surface area contributed by atoms with Crippen molar-refractivity contribution in [1.29, 1.82) is 0 Å². The van der Waals surface area contributed by atoms with Gasteiger partial charge in [0.05, 0.1) is 7.11 Å². The maximum Gasteiger partial charge on any atom is 0.488 e. The molecule has 4 nitrogen and oxygen atoms in total. The molecule has 0 atom stereocenters. The van der Waals surface area contributed by atoms with Crippen molar-refractivity contribution in [1.82, 2.24) is 4.90 Å². The molecule has 0 unspecified atom stereocenters. The van der Waals surface area contributed by atoms with Crippen molar-refractivity contribution in [3.63, 3.8) is 0 Å². The Morgan fingerprint density at radius 3 is 2.57 bits per heavy atom. The number of likely N-dealkylation sites (tertiary alicyclic amines) is 1. The molecule has 0 amide bonds. The molecule has 1 aromatic rings. The molecule has 21 heavy (non-hydrogen) atoms. The minimum atomic E-state index is -1.43. The summed E-state index contributed by atoms with van der Waals surface area (Å²) in [5.74, 6) is 1.69. The van der Waals surface area contributed by atoms with Crippen molar-refractivity contribution in [3.05, 3.63) is 23.8 Å². The fourth-order valence-electron chi connectivity index (χ4n) is 3.17. The van der Waals surface area contributed by atoms with E-state index in [4.69, 9.17) is 4.74 Å². The van der Waals surface area contributed by atoms with E-state index >= 15 is 0 Å². The minimum absolute atomic E-state index is 0.520. The van der Waals surface area contributed by atoms with Gasteiger partial charge < -0.3 is 14.8 Å². The van der Waals surface area contributed by atoms with E-state index in [-0.39, 0.29) is 0 Å². The third-order valence-corrected chi connectivity index (χ3v) is 4.40. The molecule has 0 spiro atoms. The lowest BCUT2D eigenvalue weighted by Gasteiger charge is -2.32. The van der Waals surface area contributed by atoms with Crippen LogP contribution in [0.3, 0.4) is 0 Å². The molecule has 0 bridgehead atoms. The molecule has 1 aliphatic heterocycles. The van der Waals surface area contributed by atoms with Gasteiger partial charge in [-0.25, -0.2) is 0 Å². The molecule has 0 radical (unpaired) electrons. The van der Waals surface area contributed by atoms with Crippen molar-refractivity contribution in [2.75, 3.05) is 20.2 Å². The van der Waals surface area contributed by atoms with Crippen LogP contribution in [0.2, 0.25) is 0 Å². The Kier molecular flexibility index (Phi) is 6.09. The first-order valence-electron chi connectivity index (χ1n) is 7.89. The average molecular weight is 291 g/mol. The Hall–Kier alpha value is -1.04. The van der Waals surface area contributed by atoms with Gasteiger partial charge in [0.25, 0.3) is 0 Å². The third kappa shape index (κ3) is 4.46. The van der Waals surface area contributed by atoms with Gasteiger partial charge in [-0.2, -0.15) is 0 Å². The van der Waals surface area contributed by atoms with Crippen LogP contribution < -0.4 is 10.2 Å². The second kappa shape index (κ2) is 7.83. The first kappa shape index (κ1) is 16.3. The van der Waals surface area contributed by atoms with Crippen molar-refractivity contribution < 1.29 is 14.8 Å². The first-order valence-corrected chi connectivity index (χ1v) is 7.89. The third-order valence-electron chi connectivity index (χ3n) is 4.40. The van der Waals surface area contributed by atoms with E-state index in [1.807, 2.05) is 12.1 Å². The number of rotatable bonds is 6. The van der Waals surface area contributed by atoms with E-state index < -0.39 is 7.12 Å². The predicted molar refractivity (Wildman–Crippen MR) is 85.7 cm³/mol. The summed E-state index contributed by atoms with van der Waals surface area (Å²) in [5, 5.41) is 18.6. The summed E-state index contributed by atoms with van der Waals surface area (Å²) in [6.07, 6.45) is 5.13. The second-order valence-corrected chi connectivity index (χ2v) is 5.95. The van der Waals surface area contributed by atoms with Gasteiger partial charge in [-0.05, 0) is 43.4 Å². The Morgan fingerprint density at radius 1 is 1.29 bits per heavy atom. The Bertz CT molecular complexity index is 445. The lowest BCUT2D eigenvalue weighted by molar-refractivity contribution is 0.170. The van der Waals surface area contributed by atoms with Crippen LogP contribution in [-0.4, -0.2) is 42.3 Å². The number of ether oxygens (including phenoxy) is 1. The second-order valence-electron chi connectivity index (χ2n) is 5.95. The smallest absolute Gasteiger partial charge is 0.488 e. The standard InChI is InChI=1S/C16H26BNO3/c1-3-4-13-7-9-18(10-8-13)12-14-11-15(17(19)20)5-6-16(14)21-2/h5-6,11,13,19-20H,3-4,7-10,12H2,1-2H3. The molecular formula is C16H26BNO3. The number of hydrogen-bond donors (Lipinski definition) is 2. The molecule has 1 aliphatic rings. The number of hydrogen-bond acceptors (Lipinski definition) is 4. The molecule has 0 aliphatic carbocycles. The lowest BCUT2D eigenvalue weighted by atomic mass is 9.79. The molecular weight excluding hydrogens is 265 g/mol. The number of piperidine rings is 1. The van der Waals surface area contributed by atoms with E-state index in [1.165, 1.54) is 25.7 Å². The largest absolute Gasteiger partial charge is 0.496 e. The van der Waals surface area contributed by atoms with Gasteiger partial charge >= 0.3 is 7.12 Å². The predicted octanol–water partition coefficient (Wildman–Crippen LogP) is 1.39. The van der Waals surface area contributed by atoms with Gasteiger partial charge in [0.2, 0.25) is 0 Å². The van der Waals surface area contributed by atoms with E-state index in [0.717, 1.165) is 36.9 Å². The van der Waals surface area contributed by atoms with Gasteiger partial charge in [-0.15, -0.1) is 0 Å². The molecule has 1 fully saturated rings. The first-order chi connectivity index (χ1) is 10.1. The molecule has 0 saturated carbocycles. The summed E-state index contributed by atoms with van der Waals surface area (Å²) in [4.78, 5) is 2.43. The molecule has 116 valence electrons. The van der Waals surface area contributed by atoms with Crippen molar-refractivity contribution in [2.45, 2.75) is 39.2 Å². The molecule has 1 heterocycles. The molecule has 1 saturated heterocycles. The van der Waals surface area contributed by atoms with Crippen LogP contribution in [0.5, 0.6) is 5.75 Å². The van der Waals surface area contributed by atoms with Gasteiger partial charge in [-0.1, -0.05) is 31.9 Å². The lowest BCUT2D eigenvalue weighted by Crippen LogP contribution is -2.34. The fraction of sp³-hybridized carbons (Fsp3) is 0.625. The van der Waals surface area contributed by atoms with Gasteiger partial charge in [0, 0.05) is 12.1 Å². The van der Waals surface area contributed by atoms with Crippen LogP contribution in [0.15, 0.2) is 18.2 Å². The van der Waals surface area contributed by atoms with Crippen molar-refractivity contribution >= 4 is 12.6 Å². The number of methoxy groups -OCH3 is 1. The van der Waals surface area contributed by atoms with E-state index in [0.29, 0.717) is 5.46 Å². The van der Waals surface area contributed by atoms with Crippen LogP contribution in [0.25, 0.3) is 0 Å². The van der Waals surface area contributed by atoms with Crippen molar-refractivity contribution in [2.24, 2.45) is 5.92 Å². The highest BCUT2D eigenvalue weighted by molar-refractivity contribution is 6.58. The maximum atomic E-state index is 9.31. The van der Waals surface area contributed by atoms with Gasteiger partial charge in [0.1, 0.15) is 5.75 Å². The highest BCUT2D eigenvalue weighted by Crippen LogP contribution is 2.25. The quantitative estimate of drug-likeness (QED) is 0.778. The van der Waals surface area contributed by atoms with Crippen LogP contribution in [0.4, 0.5) is 0 Å². The van der Waals surface area contributed by atoms with E-state index in [9.17, 15) is 10.0 Å². The Labute approximate surface area is 127 Å². The summed E-state index contributed by atoms with van der Waals surface area (Å²) in [6.45, 7) is 5.28. The highest BCUT2D eigenvalue weighted by atomic mass is 16.5. The maximum absolute atomic E-state index is 9.31. The van der Waals surface area contributed by atoms with Crippen LogP contribution in [0.1, 0.15) is 38.2 Å². The average Bonchev–Trinajstić information content (AvgIpc) is 2.49. The summed E-state index contributed by atoms with van der Waals surface area (Å²) >= 11 is 0. The zero-order valence-electron chi connectivity index (χ0n) is 13.1. The summed E-state index contributed by atoms with van der Waals surface area (Å²) in [5.41, 5.74) is 1.55. The zero-order valence-corrected chi connectivity index (χ0v) is 13.1. The van der Waals surface area contributed by atoms with Gasteiger partial charge in [0.15, 0.2) is 0 Å². The van der Waals surface area contributed by atoms with Gasteiger partial charge in [-0.3, -0.25) is 4.90 Å². The van der Waals surface area contributed by atoms with Crippen LogP contribution in [-0.2, 0) is 6.54 Å². The Morgan fingerprint density at radius 2 is 2.00 bits per heavy atom. The molecule has 0 aromatic heterocycles. The van der Waals surface area contributed by atoms with Crippen LogP contribution in [0, 0.1) is 5.92 Å². The Balaban J connectivity index is 2.00. The summed E-state index contributed by atoms with van der Waals surface area (Å²) in [7, 11) is 0.228. The molecule has 1 aromatic carbocycles. The number of benzene rings is 1. The molecule has 5 heteroatoms. The van der Waals surface area contributed by atoms with Crippen molar-refractivity contribution in [3.8, 4) is 5.75 Å². The minimum Gasteiger partial charge on any atom is -0.496 e. The fourth-order valence-corrected chi connectivity index (χ4v) is 3.17. The number of nitrogens with zero attached hydrogens (tertiary/aromatic N) is 1. The highest BCUT2D eigenvalue weighted by Gasteiger charge is 2.20. The summed E-state index contributed by atoms with van der Waals surface area (Å²) < 4.78 is 5.39. The van der Waals surface area contributed by atoms with Crippen LogP contribution >= 0.6 is 0 Å². The normalized spacial score (nSPS) is 17.0. The monoisotopic (exact) mass is 291 g/mol. The summed E-state index contributed by atoms with van der Waals surface area (Å²) in [6, 6.07) is 5.34. The SMILES string of the molecule is CCCC1CCN(Cc2cc(B(O)O)ccc2OC)CC1. The molecule has 2 N–H and O–H groups in total. The molecule has 2 rings (SSSR count). The van der Waals surface area contributed by atoms with E-state index in [2.05, 4.69) is 11.8 Å². The zero-order chi connectivity index (χ0) is 15.2.